The first-order valence-corrected chi connectivity index (χ1v) is 4.88. The number of hydrogen-bond donors (Lipinski definition) is 1. The summed E-state index contributed by atoms with van der Waals surface area (Å²) >= 11 is 0. The van der Waals surface area contributed by atoms with Gasteiger partial charge in [0.1, 0.15) is 0 Å². The van der Waals surface area contributed by atoms with Crippen LogP contribution in [0.15, 0.2) is 0 Å². The van der Waals surface area contributed by atoms with Crippen LogP contribution in [0.25, 0.3) is 0 Å². The Morgan fingerprint density at radius 1 is 1.56 bits per heavy atom. The highest BCUT2D eigenvalue weighted by atomic mass is 32.2. The fraction of sp³-hybridized carbons (Fsp3) is 1.00. The fourth-order valence-electron chi connectivity index (χ4n) is 1.06. The monoisotopic (exact) mass is 151 g/mol. The van der Waals surface area contributed by atoms with Crippen LogP contribution >= 0.6 is 0 Å². The van der Waals surface area contributed by atoms with E-state index >= 15 is 0 Å². The minimum Gasteiger partial charge on any atom is -0.327 e. The number of nitrogens with two attached hydrogens (primary N) is 1. The van der Waals surface area contributed by atoms with E-state index in [0.717, 1.165) is 12.8 Å². The third-order valence-electron chi connectivity index (χ3n) is 1.50. The van der Waals surface area contributed by atoms with Crippen LogP contribution in [-0.4, -0.2) is 26.0 Å². The van der Waals surface area contributed by atoms with Gasteiger partial charge in [0.25, 0.3) is 0 Å². The van der Waals surface area contributed by atoms with Crippen molar-refractivity contribution in [3.63, 3.8) is 0 Å². The molecule has 0 radical (unpaired) electrons. The first-order chi connectivity index (χ1) is 4.10. The molecule has 1 aliphatic rings. The highest BCUT2D eigenvalue weighted by Gasteiger charge is 2.21. The lowest BCUT2D eigenvalue weighted by Gasteiger charge is -2.16. The normalized spacial score (nSPS) is 34.1. The molecular weight excluding hydrogens is 138 g/mol. The van der Waals surface area contributed by atoms with Crippen LogP contribution in [0.4, 0.5) is 0 Å². The molecule has 1 aliphatic heterocycles. The molecule has 0 aromatic rings. The van der Waals surface area contributed by atoms with E-state index in [-0.39, 0.29) is 13.2 Å². The van der Waals surface area contributed by atoms with Gasteiger partial charge in [-0.3, -0.25) is 0 Å². The van der Waals surface area contributed by atoms with E-state index in [1.54, 1.807) is 0 Å². The maximum Gasteiger partial charge on any atom is 0.151 e. The Hall–Kier alpha value is -0.0900. The second-order valence-corrected chi connectivity index (χ2v) is 4.75. The molecular formula is C5H13NO2S. The van der Waals surface area contributed by atoms with Crippen LogP contribution in [0.5, 0.6) is 0 Å². The van der Waals surface area contributed by atoms with E-state index in [4.69, 9.17) is 5.73 Å². The molecule has 1 unspecified atom stereocenters. The van der Waals surface area contributed by atoms with Crippen molar-refractivity contribution in [3.8, 4) is 0 Å². The molecule has 1 fully saturated rings. The van der Waals surface area contributed by atoms with Crippen LogP contribution in [0.3, 0.4) is 0 Å². The number of rotatable bonds is 0. The first-order valence-electron chi connectivity index (χ1n) is 3.06. The average molecular weight is 151 g/mol. The van der Waals surface area contributed by atoms with Crippen LogP contribution in [0.1, 0.15) is 14.3 Å². The molecule has 1 saturated heterocycles. The molecule has 1 rings (SSSR count). The van der Waals surface area contributed by atoms with Crippen molar-refractivity contribution < 1.29 is 9.84 Å². The first kappa shape index (κ1) is 7.02. The van der Waals surface area contributed by atoms with Crippen molar-refractivity contribution in [1.82, 2.24) is 0 Å². The minimum absolute atomic E-state index is 0. The Kier molecular flexibility index (Phi) is 1.77. The maximum absolute atomic E-state index is 10.8. The summed E-state index contributed by atoms with van der Waals surface area (Å²) in [5.74, 6) is 0.522. The van der Waals surface area contributed by atoms with Gasteiger partial charge in [-0.25, -0.2) is 8.42 Å². The molecule has 0 bridgehead atoms. The third-order valence-corrected chi connectivity index (χ3v) is 3.34. The van der Waals surface area contributed by atoms with Crippen molar-refractivity contribution in [3.05, 3.63) is 0 Å². The summed E-state index contributed by atoms with van der Waals surface area (Å²) in [6, 6.07) is -0.108. The Morgan fingerprint density at radius 3 is 2.56 bits per heavy atom. The van der Waals surface area contributed by atoms with Crippen molar-refractivity contribution in [2.45, 2.75) is 18.9 Å². The molecule has 0 saturated carbocycles. The van der Waals surface area contributed by atoms with Gasteiger partial charge in [-0.2, -0.15) is 0 Å². The summed E-state index contributed by atoms with van der Waals surface area (Å²) in [5, 5.41) is 0. The summed E-state index contributed by atoms with van der Waals surface area (Å²) in [6.45, 7) is 0. The predicted molar refractivity (Wildman–Crippen MR) is 38.0 cm³/mol. The van der Waals surface area contributed by atoms with E-state index in [9.17, 15) is 8.42 Å². The zero-order valence-corrected chi connectivity index (χ0v) is 6.02. The van der Waals surface area contributed by atoms with E-state index in [1.807, 2.05) is 0 Å². The minimum atomic E-state index is -2.76. The SMILES string of the molecule is NC1CCCS(=O)(=O)C1.[HH]. The molecule has 0 aromatic carbocycles. The molecule has 1 heterocycles. The van der Waals surface area contributed by atoms with Crippen LogP contribution in [-0.2, 0) is 9.84 Å². The van der Waals surface area contributed by atoms with E-state index in [2.05, 4.69) is 0 Å². The van der Waals surface area contributed by atoms with Gasteiger partial charge in [-0.1, -0.05) is 0 Å². The van der Waals surface area contributed by atoms with Crippen molar-refractivity contribution >= 4 is 9.84 Å². The molecule has 4 heteroatoms. The van der Waals surface area contributed by atoms with Crippen LogP contribution in [0.2, 0.25) is 0 Å². The van der Waals surface area contributed by atoms with Crippen molar-refractivity contribution in [2.75, 3.05) is 11.5 Å². The third kappa shape index (κ3) is 1.95. The maximum atomic E-state index is 10.8. The topological polar surface area (TPSA) is 60.2 Å². The zero-order valence-electron chi connectivity index (χ0n) is 5.21. The molecule has 2 N–H and O–H groups in total. The summed E-state index contributed by atoms with van der Waals surface area (Å²) in [7, 11) is -2.76. The average Bonchev–Trinajstić information content (AvgIpc) is 1.60. The quantitative estimate of drug-likeness (QED) is 0.520. The number of sulfone groups is 1. The largest absolute Gasteiger partial charge is 0.327 e. The number of hydrogen-bond acceptors (Lipinski definition) is 3. The second-order valence-electron chi connectivity index (χ2n) is 2.52. The predicted octanol–water partition coefficient (Wildman–Crippen LogP) is -0.232. The molecule has 1 atom stereocenters. The van der Waals surface area contributed by atoms with Gasteiger partial charge >= 0.3 is 0 Å². The Labute approximate surface area is 56.6 Å². The van der Waals surface area contributed by atoms with E-state index < -0.39 is 9.84 Å². The summed E-state index contributed by atoms with van der Waals surface area (Å²) in [6.07, 6.45) is 1.60. The van der Waals surface area contributed by atoms with Gasteiger partial charge in [-0.05, 0) is 12.8 Å². The molecule has 0 amide bonds. The lowest BCUT2D eigenvalue weighted by Crippen LogP contribution is -2.35. The lowest BCUT2D eigenvalue weighted by atomic mass is 10.2. The van der Waals surface area contributed by atoms with E-state index in [0.29, 0.717) is 5.75 Å². The molecule has 56 valence electrons. The Morgan fingerprint density at radius 2 is 2.22 bits per heavy atom. The summed E-state index contributed by atoms with van der Waals surface area (Å²) < 4.78 is 21.6. The smallest absolute Gasteiger partial charge is 0.151 e. The van der Waals surface area contributed by atoms with Gasteiger partial charge in [0.2, 0.25) is 0 Å². The standard InChI is InChI=1S/C5H11NO2S.H2/c6-5-2-1-3-9(7,8)4-5;/h5H,1-4,6H2;1H. The molecule has 3 nitrogen and oxygen atoms in total. The van der Waals surface area contributed by atoms with Crippen molar-refractivity contribution in [2.24, 2.45) is 5.73 Å². The summed E-state index contributed by atoms with van der Waals surface area (Å²) in [4.78, 5) is 0. The molecule has 0 aliphatic carbocycles. The second kappa shape index (κ2) is 2.27. The van der Waals surface area contributed by atoms with Crippen LogP contribution in [0, 0.1) is 0 Å². The van der Waals surface area contributed by atoms with Gasteiger partial charge in [0, 0.05) is 7.47 Å². The molecule has 9 heavy (non-hydrogen) atoms. The van der Waals surface area contributed by atoms with Gasteiger partial charge in [0.05, 0.1) is 11.5 Å². The Bertz CT molecular complexity index is 190. The van der Waals surface area contributed by atoms with Gasteiger partial charge < -0.3 is 5.73 Å². The highest BCUT2D eigenvalue weighted by molar-refractivity contribution is 7.91. The van der Waals surface area contributed by atoms with Gasteiger partial charge in [0.15, 0.2) is 9.84 Å². The fourth-order valence-corrected chi connectivity index (χ4v) is 2.65. The summed E-state index contributed by atoms with van der Waals surface area (Å²) in [5.41, 5.74) is 5.43. The highest BCUT2D eigenvalue weighted by Crippen LogP contribution is 2.09. The molecule has 0 spiro atoms. The van der Waals surface area contributed by atoms with E-state index in [1.165, 1.54) is 0 Å². The zero-order chi connectivity index (χ0) is 6.91. The lowest BCUT2D eigenvalue weighted by molar-refractivity contribution is 0.552. The van der Waals surface area contributed by atoms with Gasteiger partial charge in [-0.15, -0.1) is 0 Å². The Balaban J connectivity index is 0.000000810. The molecule has 0 aromatic heterocycles. The van der Waals surface area contributed by atoms with Crippen molar-refractivity contribution in [1.29, 1.82) is 0 Å². The van der Waals surface area contributed by atoms with Crippen LogP contribution < -0.4 is 5.73 Å².